The Labute approximate surface area is 83.9 Å². The third-order valence-corrected chi connectivity index (χ3v) is 2.90. The van der Waals surface area contributed by atoms with Crippen LogP contribution < -0.4 is 0 Å². The lowest BCUT2D eigenvalue weighted by atomic mass is 10.3. The zero-order valence-electron chi connectivity index (χ0n) is 8.05. The van der Waals surface area contributed by atoms with E-state index in [2.05, 4.69) is 22.8 Å². The van der Waals surface area contributed by atoms with Gasteiger partial charge in [0.15, 0.2) is 0 Å². The summed E-state index contributed by atoms with van der Waals surface area (Å²) in [5.74, 6) is 0.782. The van der Waals surface area contributed by atoms with E-state index in [4.69, 9.17) is 12.2 Å². The first-order valence-electron chi connectivity index (χ1n) is 5.11. The third kappa shape index (κ3) is 2.02. The van der Waals surface area contributed by atoms with Gasteiger partial charge < -0.3 is 5.10 Å². The minimum absolute atomic E-state index is 0.782. The van der Waals surface area contributed by atoms with E-state index in [1.165, 1.54) is 31.4 Å². The van der Waals surface area contributed by atoms with Crippen molar-refractivity contribution in [2.24, 2.45) is 0 Å². The molecule has 0 saturated heterocycles. The van der Waals surface area contributed by atoms with Crippen molar-refractivity contribution in [3.8, 4) is 0 Å². The molecule has 1 aromatic rings. The summed E-state index contributed by atoms with van der Waals surface area (Å²) in [4.78, 5) is 0. The Hall–Kier alpha value is -0.570. The highest BCUT2D eigenvalue weighted by molar-refractivity contribution is 7.71. The van der Waals surface area contributed by atoms with Crippen LogP contribution in [0.5, 0.6) is 0 Å². The average molecular weight is 196 g/mol. The zero-order chi connectivity index (χ0) is 9.26. The average Bonchev–Trinajstić information content (AvgIpc) is 2.89. The molecule has 1 fully saturated rings. The highest BCUT2D eigenvalue weighted by Crippen LogP contribution is 2.39. The summed E-state index contributed by atoms with van der Waals surface area (Å²) < 4.78 is 3.07. The fourth-order valence-electron chi connectivity index (χ4n) is 1.54. The van der Waals surface area contributed by atoms with Crippen molar-refractivity contribution in [1.82, 2.24) is 9.78 Å². The maximum atomic E-state index is 5.26. The molecule has 0 aliphatic heterocycles. The van der Waals surface area contributed by atoms with Crippen molar-refractivity contribution in [1.29, 1.82) is 0 Å². The summed E-state index contributed by atoms with van der Waals surface area (Å²) >= 11 is 5.26. The second kappa shape index (κ2) is 3.66. The van der Waals surface area contributed by atoms with Crippen LogP contribution in [0.1, 0.15) is 44.2 Å². The minimum Gasteiger partial charge on any atom is -0.301 e. The lowest BCUT2D eigenvalue weighted by molar-refractivity contribution is 0.560. The van der Waals surface area contributed by atoms with Crippen LogP contribution in [0.25, 0.3) is 0 Å². The number of unbranched alkanes of at least 4 members (excludes halogenated alkanes) is 1. The van der Waals surface area contributed by atoms with E-state index in [0.29, 0.717) is 0 Å². The Morgan fingerprint density at radius 3 is 3.00 bits per heavy atom. The normalized spacial score (nSPS) is 16.4. The van der Waals surface area contributed by atoms with Gasteiger partial charge in [0.1, 0.15) is 4.64 Å². The standard InChI is InChI=1S/C10H16N2S/c1-2-3-6-12-10(13)7-9(11-12)8-4-5-8/h7-8,11H,2-6H2,1H3. The maximum absolute atomic E-state index is 5.26. The summed E-state index contributed by atoms with van der Waals surface area (Å²) in [5.41, 5.74) is 1.35. The first-order chi connectivity index (χ1) is 6.31. The summed E-state index contributed by atoms with van der Waals surface area (Å²) in [5, 5.41) is 3.39. The molecule has 3 heteroatoms. The molecule has 2 nitrogen and oxygen atoms in total. The van der Waals surface area contributed by atoms with Crippen LogP contribution in [0, 0.1) is 4.64 Å². The van der Waals surface area contributed by atoms with Gasteiger partial charge in [0, 0.05) is 18.2 Å². The van der Waals surface area contributed by atoms with Crippen LogP contribution >= 0.6 is 12.2 Å². The first kappa shape index (κ1) is 9.00. The number of nitrogens with one attached hydrogen (secondary N) is 1. The molecule has 72 valence electrons. The van der Waals surface area contributed by atoms with Crippen LogP contribution in [0.2, 0.25) is 0 Å². The van der Waals surface area contributed by atoms with Gasteiger partial charge in [-0.3, -0.25) is 4.68 Å². The topological polar surface area (TPSA) is 20.7 Å². The molecule has 1 heterocycles. The molecular formula is C10H16N2S. The molecule has 2 rings (SSSR count). The third-order valence-electron chi connectivity index (χ3n) is 2.56. The van der Waals surface area contributed by atoms with Crippen LogP contribution in [0.3, 0.4) is 0 Å². The van der Waals surface area contributed by atoms with Crippen LogP contribution in [-0.2, 0) is 6.54 Å². The van der Waals surface area contributed by atoms with Crippen molar-refractivity contribution >= 4 is 12.2 Å². The Balaban J connectivity index is 2.11. The molecule has 0 amide bonds. The van der Waals surface area contributed by atoms with E-state index in [0.717, 1.165) is 17.1 Å². The van der Waals surface area contributed by atoms with Gasteiger partial charge in [-0.1, -0.05) is 25.6 Å². The number of H-pyrrole nitrogens is 1. The van der Waals surface area contributed by atoms with Gasteiger partial charge in [0.2, 0.25) is 0 Å². The molecule has 0 unspecified atom stereocenters. The Morgan fingerprint density at radius 2 is 2.38 bits per heavy atom. The summed E-state index contributed by atoms with van der Waals surface area (Å²) in [6.45, 7) is 3.25. The minimum atomic E-state index is 0.782. The Bertz CT molecular complexity index is 333. The molecule has 1 aliphatic carbocycles. The van der Waals surface area contributed by atoms with Crippen molar-refractivity contribution in [3.05, 3.63) is 16.4 Å². The molecule has 0 atom stereocenters. The highest BCUT2D eigenvalue weighted by Gasteiger charge is 2.25. The van der Waals surface area contributed by atoms with Gasteiger partial charge in [-0.2, -0.15) is 0 Å². The van der Waals surface area contributed by atoms with E-state index < -0.39 is 0 Å². The molecule has 0 bridgehead atoms. The van der Waals surface area contributed by atoms with Crippen LogP contribution in [0.15, 0.2) is 6.07 Å². The molecular weight excluding hydrogens is 180 g/mol. The lowest BCUT2D eigenvalue weighted by Crippen LogP contribution is -2.00. The first-order valence-corrected chi connectivity index (χ1v) is 5.52. The smallest absolute Gasteiger partial charge is 0.122 e. The van der Waals surface area contributed by atoms with Crippen molar-refractivity contribution in [2.75, 3.05) is 0 Å². The van der Waals surface area contributed by atoms with Gasteiger partial charge in [-0.05, 0) is 25.3 Å². The fourth-order valence-corrected chi connectivity index (χ4v) is 1.80. The monoisotopic (exact) mass is 196 g/mol. The summed E-state index contributed by atoms with van der Waals surface area (Å²) in [6, 6.07) is 2.13. The molecule has 13 heavy (non-hydrogen) atoms. The van der Waals surface area contributed by atoms with Crippen LogP contribution in [0.4, 0.5) is 0 Å². The van der Waals surface area contributed by atoms with E-state index in [-0.39, 0.29) is 0 Å². The Morgan fingerprint density at radius 1 is 1.62 bits per heavy atom. The van der Waals surface area contributed by atoms with Crippen molar-refractivity contribution in [3.63, 3.8) is 0 Å². The number of hydrogen-bond acceptors (Lipinski definition) is 1. The maximum Gasteiger partial charge on any atom is 0.122 e. The molecule has 0 spiro atoms. The quantitative estimate of drug-likeness (QED) is 0.733. The molecule has 0 aromatic carbocycles. The largest absolute Gasteiger partial charge is 0.301 e. The number of aromatic nitrogens is 2. The summed E-state index contributed by atoms with van der Waals surface area (Å²) in [7, 11) is 0. The Kier molecular flexibility index (Phi) is 2.54. The predicted molar refractivity (Wildman–Crippen MR) is 56.5 cm³/mol. The van der Waals surface area contributed by atoms with Crippen molar-refractivity contribution in [2.45, 2.75) is 45.1 Å². The summed E-state index contributed by atoms with van der Waals surface area (Å²) in [6.07, 6.45) is 5.10. The molecule has 1 aliphatic rings. The van der Waals surface area contributed by atoms with Gasteiger partial charge in [-0.25, -0.2) is 0 Å². The fraction of sp³-hybridized carbons (Fsp3) is 0.700. The highest BCUT2D eigenvalue weighted by atomic mass is 32.1. The van der Waals surface area contributed by atoms with Crippen LogP contribution in [-0.4, -0.2) is 9.78 Å². The van der Waals surface area contributed by atoms with E-state index >= 15 is 0 Å². The number of hydrogen-bond donors (Lipinski definition) is 1. The lowest BCUT2D eigenvalue weighted by Gasteiger charge is -2.00. The van der Waals surface area contributed by atoms with Gasteiger partial charge in [0.05, 0.1) is 0 Å². The number of nitrogens with zero attached hydrogens (tertiary/aromatic N) is 1. The van der Waals surface area contributed by atoms with E-state index in [1.807, 2.05) is 0 Å². The van der Waals surface area contributed by atoms with Crippen molar-refractivity contribution < 1.29 is 0 Å². The van der Waals surface area contributed by atoms with E-state index in [9.17, 15) is 0 Å². The molecule has 0 radical (unpaired) electrons. The molecule has 1 N–H and O–H groups in total. The SMILES string of the molecule is CCCCn1[nH]c(C2CC2)cc1=S. The van der Waals surface area contributed by atoms with E-state index in [1.54, 1.807) is 0 Å². The second-order valence-electron chi connectivity index (χ2n) is 3.83. The number of rotatable bonds is 4. The zero-order valence-corrected chi connectivity index (χ0v) is 8.86. The van der Waals surface area contributed by atoms with Gasteiger partial charge >= 0.3 is 0 Å². The predicted octanol–water partition coefficient (Wildman–Crippen LogP) is 3.22. The molecule has 1 aromatic heterocycles. The number of aryl methyl sites for hydroxylation is 1. The van der Waals surface area contributed by atoms with Gasteiger partial charge in [0.25, 0.3) is 0 Å². The second-order valence-corrected chi connectivity index (χ2v) is 4.25. The van der Waals surface area contributed by atoms with Gasteiger partial charge in [-0.15, -0.1) is 0 Å². The molecule has 1 saturated carbocycles. The number of aromatic amines is 1.